The molecule has 1 saturated heterocycles. The van der Waals surface area contributed by atoms with Crippen molar-refractivity contribution in [3.05, 3.63) is 53.1 Å². The van der Waals surface area contributed by atoms with Gasteiger partial charge in [0, 0.05) is 31.7 Å². The lowest BCUT2D eigenvalue weighted by atomic mass is 9.92. The standard InChI is InChI=1S/C27H37N3O4/c1-32-24-17-21(18-25(33-2)26(24)34-3)27(31)28-19-23-22-10-6-5-9-20(22)11-14-30(23)16-15-29-12-7-4-8-13-29/h5-6,9-10,17-18,23H,4,7-8,11-16,19H2,1-3H3,(H,28,31). The summed E-state index contributed by atoms with van der Waals surface area (Å²) in [6, 6.07) is 12.2. The van der Waals surface area contributed by atoms with E-state index in [0.717, 1.165) is 26.1 Å². The maximum atomic E-state index is 13.2. The van der Waals surface area contributed by atoms with Gasteiger partial charge < -0.3 is 24.4 Å². The summed E-state index contributed by atoms with van der Waals surface area (Å²) in [4.78, 5) is 18.3. The number of rotatable bonds is 9. The summed E-state index contributed by atoms with van der Waals surface area (Å²) in [6.07, 6.45) is 5.00. The van der Waals surface area contributed by atoms with E-state index in [-0.39, 0.29) is 11.9 Å². The summed E-state index contributed by atoms with van der Waals surface area (Å²) in [6.45, 7) is 6.06. The van der Waals surface area contributed by atoms with Gasteiger partial charge in [0.2, 0.25) is 5.75 Å². The SMILES string of the molecule is COc1cc(C(=O)NCC2c3ccccc3CCN2CCN2CCCCC2)cc(OC)c1OC. The zero-order valence-corrected chi connectivity index (χ0v) is 20.6. The average molecular weight is 468 g/mol. The first-order valence-electron chi connectivity index (χ1n) is 12.3. The highest BCUT2D eigenvalue weighted by molar-refractivity contribution is 5.95. The summed E-state index contributed by atoms with van der Waals surface area (Å²) in [7, 11) is 4.66. The van der Waals surface area contributed by atoms with Gasteiger partial charge in [-0.1, -0.05) is 30.7 Å². The maximum Gasteiger partial charge on any atom is 0.251 e. The van der Waals surface area contributed by atoms with Crippen molar-refractivity contribution >= 4 is 5.91 Å². The van der Waals surface area contributed by atoms with E-state index in [9.17, 15) is 4.79 Å². The molecule has 1 atom stereocenters. The quantitative estimate of drug-likeness (QED) is 0.609. The first kappa shape index (κ1) is 24.4. The van der Waals surface area contributed by atoms with E-state index in [1.165, 1.54) is 43.5 Å². The number of piperidine rings is 1. The van der Waals surface area contributed by atoms with Gasteiger partial charge in [-0.2, -0.15) is 0 Å². The number of nitrogens with one attached hydrogen (secondary N) is 1. The Morgan fingerprint density at radius 3 is 2.32 bits per heavy atom. The Labute approximate surface area is 203 Å². The number of methoxy groups -OCH3 is 3. The molecule has 34 heavy (non-hydrogen) atoms. The van der Waals surface area contributed by atoms with Crippen molar-refractivity contribution < 1.29 is 19.0 Å². The van der Waals surface area contributed by atoms with Crippen LogP contribution in [0, 0.1) is 0 Å². The van der Waals surface area contributed by atoms with E-state index in [1.54, 1.807) is 33.5 Å². The Morgan fingerprint density at radius 2 is 1.65 bits per heavy atom. The van der Waals surface area contributed by atoms with Gasteiger partial charge in [0.05, 0.1) is 27.4 Å². The fraction of sp³-hybridized carbons (Fsp3) is 0.519. The molecule has 0 saturated carbocycles. The van der Waals surface area contributed by atoms with Crippen LogP contribution in [0.15, 0.2) is 36.4 Å². The van der Waals surface area contributed by atoms with Crippen LogP contribution in [-0.2, 0) is 6.42 Å². The molecular formula is C27H37N3O4. The molecule has 0 radical (unpaired) electrons. The third kappa shape index (κ3) is 5.47. The Morgan fingerprint density at radius 1 is 0.941 bits per heavy atom. The van der Waals surface area contributed by atoms with Gasteiger partial charge in [0.25, 0.3) is 5.91 Å². The summed E-state index contributed by atoms with van der Waals surface area (Å²) >= 11 is 0. The number of nitrogens with zero attached hydrogens (tertiary/aromatic N) is 2. The number of carbonyl (C=O) groups excluding carboxylic acids is 1. The molecule has 1 unspecified atom stereocenters. The monoisotopic (exact) mass is 467 g/mol. The number of ether oxygens (including phenoxy) is 3. The van der Waals surface area contributed by atoms with Gasteiger partial charge in [-0.25, -0.2) is 0 Å². The summed E-state index contributed by atoms with van der Waals surface area (Å²) in [5, 5.41) is 3.17. The molecule has 0 aliphatic carbocycles. The van der Waals surface area contributed by atoms with Crippen molar-refractivity contribution in [1.82, 2.24) is 15.1 Å². The highest BCUT2D eigenvalue weighted by Gasteiger charge is 2.28. The normalized spacial score (nSPS) is 18.7. The van der Waals surface area contributed by atoms with Gasteiger partial charge in [-0.05, 0) is 55.6 Å². The summed E-state index contributed by atoms with van der Waals surface area (Å²) in [5.41, 5.74) is 3.18. The molecule has 7 nitrogen and oxygen atoms in total. The topological polar surface area (TPSA) is 63.3 Å². The minimum atomic E-state index is -0.154. The molecule has 2 heterocycles. The second-order valence-corrected chi connectivity index (χ2v) is 9.03. The first-order valence-corrected chi connectivity index (χ1v) is 12.3. The van der Waals surface area contributed by atoms with Crippen LogP contribution in [0.2, 0.25) is 0 Å². The van der Waals surface area contributed by atoms with Gasteiger partial charge in [-0.15, -0.1) is 0 Å². The highest BCUT2D eigenvalue weighted by Crippen LogP contribution is 2.38. The molecule has 2 aromatic carbocycles. The van der Waals surface area contributed by atoms with Crippen molar-refractivity contribution in [3.63, 3.8) is 0 Å². The van der Waals surface area contributed by atoms with Crippen LogP contribution in [0.25, 0.3) is 0 Å². The van der Waals surface area contributed by atoms with Gasteiger partial charge in [-0.3, -0.25) is 9.69 Å². The lowest BCUT2D eigenvalue weighted by Gasteiger charge is -2.39. The lowest BCUT2D eigenvalue weighted by Crippen LogP contribution is -2.45. The molecule has 1 fully saturated rings. The number of benzene rings is 2. The molecular weight excluding hydrogens is 430 g/mol. The average Bonchev–Trinajstić information content (AvgIpc) is 2.90. The van der Waals surface area contributed by atoms with Crippen LogP contribution < -0.4 is 19.5 Å². The zero-order valence-electron chi connectivity index (χ0n) is 20.6. The highest BCUT2D eigenvalue weighted by atomic mass is 16.5. The number of likely N-dealkylation sites (tertiary alicyclic amines) is 1. The van der Waals surface area contributed by atoms with Crippen molar-refractivity contribution in [1.29, 1.82) is 0 Å². The Bertz CT molecular complexity index is 949. The molecule has 0 aromatic heterocycles. The first-order chi connectivity index (χ1) is 16.6. The van der Waals surface area contributed by atoms with Crippen molar-refractivity contribution in [2.24, 2.45) is 0 Å². The van der Waals surface area contributed by atoms with Crippen LogP contribution in [0.4, 0.5) is 0 Å². The van der Waals surface area contributed by atoms with Crippen LogP contribution in [0.5, 0.6) is 17.2 Å². The predicted molar refractivity (Wildman–Crippen MR) is 133 cm³/mol. The van der Waals surface area contributed by atoms with E-state index in [2.05, 4.69) is 39.4 Å². The smallest absolute Gasteiger partial charge is 0.251 e. The molecule has 0 spiro atoms. The van der Waals surface area contributed by atoms with E-state index in [1.807, 2.05) is 0 Å². The van der Waals surface area contributed by atoms with Crippen molar-refractivity contribution in [2.75, 3.05) is 60.6 Å². The number of fused-ring (bicyclic) bond motifs is 1. The summed E-state index contributed by atoms with van der Waals surface area (Å²) < 4.78 is 16.2. The van der Waals surface area contributed by atoms with E-state index in [4.69, 9.17) is 14.2 Å². The summed E-state index contributed by atoms with van der Waals surface area (Å²) in [5.74, 6) is 1.27. The van der Waals surface area contributed by atoms with Gasteiger partial charge in [0.1, 0.15) is 0 Å². The van der Waals surface area contributed by atoms with Crippen molar-refractivity contribution in [2.45, 2.75) is 31.7 Å². The molecule has 2 aromatic rings. The number of amides is 1. The second-order valence-electron chi connectivity index (χ2n) is 9.03. The van der Waals surface area contributed by atoms with Crippen molar-refractivity contribution in [3.8, 4) is 17.2 Å². The van der Waals surface area contributed by atoms with E-state index < -0.39 is 0 Å². The molecule has 1 N–H and O–H groups in total. The van der Waals surface area contributed by atoms with Crippen LogP contribution in [-0.4, -0.2) is 76.3 Å². The van der Waals surface area contributed by atoms with Gasteiger partial charge >= 0.3 is 0 Å². The van der Waals surface area contributed by atoms with E-state index >= 15 is 0 Å². The zero-order chi connectivity index (χ0) is 23.9. The Hall–Kier alpha value is -2.77. The molecule has 1 amide bonds. The van der Waals surface area contributed by atoms with Gasteiger partial charge in [0.15, 0.2) is 11.5 Å². The fourth-order valence-corrected chi connectivity index (χ4v) is 5.17. The van der Waals surface area contributed by atoms with Crippen LogP contribution in [0.3, 0.4) is 0 Å². The third-order valence-corrected chi connectivity index (χ3v) is 7.06. The fourth-order valence-electron chi connectivity index (χ4n) is 5.17. The predicted octanol–water partition coefficient (Wildman–Crippen LogP) is 3.53. The lowest BCUT2D eigenvalue weighted by molar-refractivity contribution is 0.0918. The third-order valence-electron chi connectivity index (χ3n) is 7.06. The minimum absolute atomic E-state index is 0.153. The number of hydrogen-bond acceptors (Lipinski definition) is 6. The maximum absolute atomic E-state index is 13.2. The van der Waals surface area contributed by atoms with Crippen LogP contribution >= 0.6 is 0 Å². The largest absolute Gasteiger partial charge is 0.493 e. The second kappa shape index (κ2) is 11.6. The molecule has 4 rings (SSSR count). The molecule has 0 bridgehead atoms. The molecule has 2 aliphatic heterocycles. The van der Waals surface area contributed by atoms with Crippen LogP contribution in [0.1, 0.15) is 46.8 Å². The Kier molecular flexibility index (Phi) is 8.29. The molecule has 2 aliphatic rings. The number of hydrogen-bond donors (Lipinski definition) is 1. The minimum Gasteiger partial charge on any atom is -0.493 e. The van der Waals surface area contributed by atoms with E-state index in [0.29, 0.717) is 29.4 Å². The molecule has 7 heteroatoms. The Balaban J connectivity index is 1.48. The number of carbonyl (C=O) groups is 1. The molecule has 184 valence electrons.